The molecule has 2 rings (SSSR count). The topological polar surface area (TPSA) is 89.8 Å². The maximum absolute atomic E-state index is 13.7. The van der Waals surface area contributed by atoms with E-state index in [9.17, 15) is 22.9 Å². The van der Waals surface area contributed by atoms with Crippen LogP contribution in [0.5, 0.6) is 0 Å². The molecule has 0 N–H and O–H groups in total. The first kappa shape index (κ1) is 15.8. The van der Waals surface area contributed by atoms with E-state index in [1.54, 1.807) is 0 Å². The maximum atomic E-state index is 13.7. The number of nitro benzene ring substituents is 1. The Morgan fingerprint density at radius 2 is 2.14 bits per heavy atom. The van der Waals surface area contributed by atoms with Crippen molar-refractivity contribution in [1.29, 1.82) is 0 Å². The van der Waals surface area contributed by atoms with Gasteiger partial charge in [0.05, 0.1) is 22.5 Å². The fraction of sp³-hybridized carbons (Fsp3) is 0.500. The zero-order chi connectivity index (χ0) is 15.8. The smallest absolute Gasteiger partial charge is 0.306 e. The zero-order valence-electron chi connectivity index (χ0n) is 11.6. The summed E-state index contributed by atoms with van der Waals surface area (Å²) in [6, 6.07) is 1.54. The number of aryl methyl sites for hydroxylation is 1. The molecule has 0 bridgehead atoms. The van der Waals surface area contributed by atoms with Crippen LogP contribution in [-0.2, 0) is 14.8 Å². The molecule has 9 heteroatoms. The van der Waals surface area contributed by atoms with Gasteiger partial charge in [0.15, 0.2) is 0 Å². The van der Waals surface area contributed by atoms with Gasteiger partial charge in [-0.05, 0) is 25.0 Å². The Kier molecular flexibility index (Phi) is 4.26. The second kappa shape index (κ2) is 5.66. The monoisotopic (exact) mass is 318 g/mol. The van der Waals surface area contributed by atoms with Crippen LogP contribution < -0.4 is 0 Å². The van der Waals surface area contributed by atoms with Gasteiger partial charge in [0.1, 0.15) is 0 Å². The summed E-state index contributed by atoms with van der Waals surface area (Å²) in [6.07, 6.45) is 0.554. The number of nitro groups is 1. The molecule has 1 aromatic rings. The van der Waals surface area contributed by atoms with Gasteiger partial charge in [0.25, 0.3) is 0 Å². The van der Waals surface area contributed by atoms with Crippen molar-refractivity contribution in [3.05, 3.63) is 33.6 Å². The molecular formula is C12H15FN2O5S. The Morgan fingerprint density at radius 1 is 1.48 bits per heavy atom. The number of sulfonamides is 1. The highest BCUT2D eigenvalue weighted by Gasteiger charge is 2.32. The molecule has 7 nitrogen and oxygen atoms in total. The Morgan fingerprint density at radius 3 is 2.67 bits per heavy atom. The van der Waals surface area contributed by atoms with Gasteiger partial charge in [-0.2, -0.15) is 8.70 Å². The van der Waals surface area contributed by atoms with Crippen LogP contribution in [0.15, 0.2) is 17.0 Å². The summed E-state index contributed by atoms with van der Waals surface area (Å²) in [7, 11) is -2.55. The van der Waals surface area contributed by atoms with Crippen molar-refractivity contribution in [2.24, 2.45) is 0 Å². The highest BCUT2D eigenvalue weighted by molar-refractivity contribution is 7.89. The molecule has 0 radical (unpaired) electrons. The molecule has 0 spiro atoms. The van der Waals surface area contributed by atoms with E-state index in [1.165, 1.54) is 14.0 Å². The number of hydrogen-bond acceptors (Lipinski definition) is 5. The Hall–Kier alpha value is -1.58. The predicted octanol–water partition coefficient (Wildman–Crippen LogP) is 1.45. The molecule has 1 aliphatic rings. The van der Waals surface area contributed by atoms with Crippen molar-refractivity contribution in [3.8, 4) is 0 Å². The molecule has 116 valence electrons. The third-order valence-corrected chi connectivity index (χ3v) is 5.39. The minimum atomic E-state index is -3.94. The van der Waals surface area contributed by atoms with E-state index >= 15 is 0 Å². The number of likely N-dealkylation sites (N-methyl/N-ethyl adjacent to an activating group) is 1. The van der Waals surface area contributed by atoms with Crippen LogP contribution in [0.2, 0.25) is 0 Å². The van der Waals surface area contributed by atoms with E-state index in [4.69, 9.17) is 4.74 Å². The fourth-order valence-corrected chi connectivity index (χ4v) is 3.65. The molecular weight excluding hydrogens is 303 g/mol. The van der Waals surface area contributed by atoms with E-state index in [-0.39, 0.29) is 23.1 Å². The Labute approximate surface area is 121 Å². The third kappa shape index (κ3) is 2.89. The van der Waals surface area contributed by atoms with Crippen LogP contribution in [0.3, 0.4) is 0 Å². The SMILES string of the molecule is Cc1cc(S(=O)(=O)N(C)C2CCOC2)cc([N+](=O)[O-])c1F. The lowest BCUT2D eigenvalue weighted by Crippen LogP contribution is -2.37. The summed E-state index contributed by atoms with van der Waals surface area (Å²) in [6.45, 7) is 2.03. The average Bonchev–Trinajstić information content (AvgIpc) is 2.94. The number of benzene rings is 1. The largest absolute Gasteiger partial charge is 0.380 e. The normalized spacial score (nSPS) is 19.1. The van der Waals surface area contributed by atoms with Gasteiger partial charge in [0, 0.05) is 19.7 Å². The highest BCUT2D eigenvalue weighted by atomic mass is 32.2. The molecule has 1 aliphatic heterocycles. The van der Waals surface area contributed by atoms with Crippen molar-refractivity contribution >= 4 is 15.7 Å². The van der Waals surface area contributed by atoms with E-state index in [0.29, 0.717) is 13.0 Å². The first-order valence-electron chi connectivity index (χ1n) is 6.25. The second-order valence-corrected chi connectivity index (χ2v) is 6.87. The first-order chi connectivity index (χ1) is 9.75. The molecule has 1 atom stereocenters. The van der Waals surface area contributed by atoms with Crippen LogP contribution in [0.4, 0.5) is 10.1 Å². The number of hydrogen-bond donors (Lipinski definition) is 0. The Bertz CT molecular complexity index is 670. The minimum Gasteiger partial charge on any atom is -0.380 e. The lowest BCUT2D eigenvalue weighted by Gasteiger charge is -2.22. The fourth-order valence-electron chi connectivity index (χ4n) is 2.17. The lowest BCUT2D eigenvalue weighted by atomic mass is 10.2. The van der Waals surface area contributed by atoms with Gasteiger partial charge in [-0.25, -0.2) is 8.42 Å². The minimum absolute atomic E-state index is 0.0844. The van der Waals surface area contributed by atoms with Gasteiger partial charge < -0.3 is 4.74 Å². The molecule has 21 heavy (non-hydrogen) atoms. The van der Waals surface area contributed by atoms with Crippen LogP contribution in [-0.4, -0.2) is 43.9 Å². The van der Waals surface area contributed by atoms with Gasteiger partial charge >= 0.3 is 5.69 Å². The number of ether oxygens (including phenoxy) is 1. The lowest BCUT2D eigenvalue weighted by molar-refractivity contribution is -0.387. The van der Waals surface area contributed by atoms with Crippen molar-refractivity contribution in [2.45, 2.75) is 24.3 Å². The van der Waals surface area contributed by atoms with Gasteiger partial charge in [-0.15, -0.1) is 0 Å². The Balaban J connectivity index is 2.47. The molecule has 1 aromatic carbocycles. The third-order valence-electron chi connectivity index (χ3n) is 3.50. The van der Waals surface area contributed by atoms with Crippen LogP contribution in [0, 0.1) is 22.9 Å². The summed E-state index contributed by atoms with van der Waals surface area (Å²) in [4.78, 5) is 9.60. The van der Waals surface area contributed by atoms with Crippen LogP contribution in [0.1, 0.15) is 12.0 Å². The maximum Gasteiger partial charge on any atom is 0.306 e. The molecule has 0 saturated carbocycles. The number of halogens is 1. The van der Waals surface area contributed by atoms with Crippen molar-refractivity contribution in [1.82, 2.24) is 4.31 Å². The highest BCUT2D eigenvalue weighted by Crippen LogP contribution is 2.28. The molecule has 0 aliphatic carbocycles. The van der Waals surface area contributed by atoms with Crippen molar-refractivity contribution in [2.75, 3.05) is 20.3 Å². The second-order valence-electron chi connectivity index (χ2n) is 4.87. The van der Waals surface area contributed by atoms with E-state index < -0.39 is 26.5 Å². The molecule has 0 amide bonds. The van der Waals surface area contributed by atoms with E-state index in [1.807, 2.05) is 0 Å². The van der Waals surface area contributed by atoms with Gasteiger partial charge in [0.2, 0.25) is 15.8 Å². The molecule has 0 aromatic heterocycles. The molecule has 1 saturated heterocycles. The van der Waals surface area contributed by atoms with E-state index in [2.05, 4.69) is 0 Å². The molecule has 1 unspecified atom stereocenters. The van der Waals surface area contributed by atoms with Gasteiger partial charge in [-0.3, -0.25) is 10.1 Å². The van der Waals surface area contributed by atoms with Crippen LogP contribution >= 0.6 is 0 Å². The predicted molar refractivity (Wildman–Crippen MR) is 72.0 cm³/mol. The van der Waals surface area contributed by atoms with Crippen molar-refractivity contribution in [3.63, 3.8) is 0 Å². The first-order valence-corrected chi connectivity index (χ1v) is 7.69. The standard InChI is InChI=1S/C12H15FN2O5S/c1-8-5-10(6-11(12(8)13)15(16)17)21(18,19)14(2)9-3-4-20-7-9/h5-6,9H,3-4,7H2,1-2H3. The quantitative estimate of drug-likeness (QED) is 0.619. The summed E-state index contributed by atoms with van der Waals surface area (Å²) in [5, 5.41) is 10.8. The summed E-state index contributed by atoms with van der Waals surface area (Å²) in [5.74, 6) is -1.02. The molecule has 1 fully saturated rings. The zero-order valence-corrected chi connectivity index (χ0v) is 12.4. The summed E-state index contributed by atoms with van der Waals surface area (Å²) < 4.78 is 44.9. The average molecular weight is 318 g/mol. The van der Waals surface area contributed by atoms with Gasteiger partial charge in [-0.1, -0.05) is 0 Å². The molecule has 1 heterocycles. The van der Waals surface area contributed by atoms with E-state index in [0.717, 1.165) is 16.4 Å². The summed E-state index contributed by atoms with van der Waals surface area (Å²) in [5.41, 5.74) is -0.927. The summed E-state index contributed by atoms with van der Waals surface area (Å²) >= 11 is 0. The number of rotatable bonds is 4. The number of nitrogens with zero attached hydrogens (tertiary/aromatic N) is 2. The van der Waals surface area contributed by atoms with Crippen LogP contribution in [0.25, 0.3) is 0 Å². The van der Waals surface area contributed by atoms with Crippen molar-refractivity contribution < 1.29 is 22.5 Å².